The molecule has 7 nitrogen and oxygen atoms in total. The van der Waals surface area contributed by atoms with Crippen LogP contribution in [-0.4, -0.2) is 62.5 Å². The van der Waals surface area contributed by atoms with Gasteiger partial charge in [0.25, 0.3) is 0 Å². The van der Waals surface area contributed by atoms with Gasteiger partial charge < -0.3 is 23.7 Å². The van der Waals surface area contributed by atoms with Gasteiger partial charge in [-0.2, -0.15) is 0 Å². The van der Waals surface area contributed by atoms with Gasteiger partial charge in [0, 0.05) is 25.5 Å². The first-order chi connectivity index (χ1) is 21.2. The van der Waals surface area contributed by atoms with E-state index in [-0.39, 0.29) is 23.2 Å². The number of aromatic nitrogens is 1. The zero-order valence-electron chi connectivity index (χ0n) is 28.6. The van der Waals surface area contributed by atoms with Crippen LogP contribution >= 0.6 is 0 Å². The number of carbonyl (C=O) groups is 1. The molecule has 0 unspecified atom stereocenters. The lowest BCUT2D eigenvalue weighted by Gasteiger charge is -2.41. The average Bonchev–Trinajstić information content (AvgIpc) is 2.99. The van der Waals surface area contributed by atoms with E-state index in [0.717, 1.165) is 47.3 Å². The van der Waals surface area contributed by atoms with Crippen molar-refractivity contribution < 1.29 is 23.7 Å². The summed E-state index contributed by atoms with van der Waals surface area (Å²) in [5, 5.41) is 10.9. The minimum absolute atomic E-state index is 0.0531. The fraction of sp³-hybridized carbons (Fsp3) is 0.500. The van der Waals surface area contributed by atoms with Crippen molar-refractivity contribution in [3.8, 4) is 16.9 Å². The van der Waals surface area contributed by atoms with Crippen LogP contribution in [0.5, 0.6) is 5.75 Å². The molecule has 1 N–H and O–H groups in total. The van der Waals surface area contributed by atoms with E-state index >= 15 is 0 Å². The van der Waals surface area contributed by atoms with Crippen LogP contribution in [0.15, 0.2) is 60.9 Å². The Kier molecular flexibility index (Phi) is 11.3. The number of aryl methyl sites for hydroxylation is 1. The normalized spacial score (nSPS) is 15.9. The smallest absolute Gasteiger partial charge is 0.376 e. The first kappa shape index (κ1) is 34.9. The van der Waals surface area contributed by atoms with Crippen LogP contribution in [-0.2, 0) is 22.0 Å². The highest BCUT2D eigenvalue weighted by molar-refractivity contribution is 6.74. The molecule has 2 aromatic carbocycles. The molecule has 3 aromatic rings. The molecule has 4 rings (SSSR count). The number of fused-ring (bicyclic) bond motifs is 1. The largest absolute Gasteiger partial charge is 0.489 e. The van der Waals surface area contributed by atoms with E-state index < -0.39 is 15.4 Å². The molecule has 0 radical (unpaired) electrons. The van der Waals surface area contributed by atoms with Crippen molar-refractivity contribution in [3.63, 3.8) is 0 Å². The fourth-order valence-corrected chi connectivity index (χ4v) is 6.88. The molecule has 0 spiro atoms. The highest BCUT2D eigenvalue weighted by atomic mass is 28.4. The van der Waals surface area contributed by atoms with Gasteiger partial charge in [-0.15, -0.1) is 0 Å². The van der Waals surface area contributed by atoms with Gasteiger partial charge in [-0.05, 0) is 102 Å². The van der Waals surface area contributed by atoms with Crippen LogP contribution in [0, 0.1) is 5.92 Å². The number of nitrogens with zero attached hydrogens (tertiary/aromatic N) is 2. The van der Waals surface area contributed by atoms with Gasteiger partial charge in [-0.1, -0.05) is 58.9 Å². The van der Waals surface area contributed by atoms with Gasteiger partial charge in [-0.3, -0.25) is 4.98 Å². The Labute approximate surface area is 271 Å². The molecule has 0 amide bonds. The molecule has 2 heterocycles. The number of hydrogen-bond donors (Lipinski definition) is 1. The minimum atomic E-state index is -2.10. The summed E-state index contributed by atoms with van der Waals surface area (Å²) in [7, 11) is -1.33. The Morgan fingerprint density at radius 3 is 2.49 bits per heavy atom. The predicted octanol–water partition coefficient (Wildman–Crippen LogP) is 7.60. The number of pyridine rings is 1. The van der Waals surface area contributed by atoms with Crippen molar-refractivity contribution in [2.24, 2.45) is 5.92 Å². The van der Waals surface area contributed by atoms with E-state index in [1.807, 2.05) is 31.2 Å². The second-order valence-electron chi connectivity index (χ2n) is 14.3. The number of carbonyl (C=O) groups excluding carboxylic acids is 1. The molecule has 1 aliphatic heterocycles. The molecule has 45 heavy (non-hydrogen) atoms. The summed E-state index contributed by atoms with van der Waals surface area (Å²) < 4.78 is 18.5. The highest BCUT2D eigenvalue weighted by Gasteiger charge is 2.40. The van der Waals surface area contributed by atoms with Crippen LogP contribution in [0.1, 0.15) is 74.2 Å². The number of rotatable bonds is 12. The van der Waals surface area contributed by atoms with Crippen molar-refractivity contribution in [1.29, 1.82) is 0 Å². The van der Waals surface area contributed by atoms with Crippen molar-refractivity contribution in [2.75, 3.05) is 20.2 Å². The second kappa shape index (κ2) is 14.6. The Morgan fingerprint density at radius 1 is 1.16 bits per heavy atom. The molecule has 9 heteroatoms. The fourth-order valence-electron chi connectivity index (χ4n) is 5.61. The third kappa shape index (κ3) is 8.85. The molecule has 2 atom stereocenters. The van der Waals surface area contributed by atoms with E-state index in [1.165, 1.54) is 12.7 Å². The number of esters is 1. The van der Waals surface area contributed by atoms with Gasteiger partial charge in [0.1, 0.15) is 11.9 Å². The lowest BCUT2D eigenvalue weighted by molar-refractivity contribution is 0.0599. The van der Waals surface area contributed by atoms with E-state index in [4.69, 9.17) is 13.9 Å². The molecule has 0 saturated heterocycles. The van der Waals surface area contributed by atoms with Gasteiger partial charge >= 0.3 is 13.0 Å². The quantitative estimate of drug-likeness (QED) is 0.163. The van der Waals surface area contributed by atoms with Gasteiger partial charge in [0.15, 0.2) is 8.32 Å². The summed E-state index contributed by atoms with van der Waals surface area (Å²) in [6.07, 6.45) is 5.91. The maximum atomic E-state index is 12.4. The van der Waals surface area contributed by atoms with Crippen LogP contribution in [0.4, 0.5) is 0 Å². The third-order valence-electron chi connectivity index (χ3n) is 9.23. The summed E-state index contributed by atoms with van der Waals surface area (Å²) in [5.41, 5.74) is 6.00. The molecule has 0 bridgehead atoms. The topological polar surface area (TPSA) is 81.1 Å². The molecule has 0 saturated carbocycles. The van der Waals surface area contributed by atoms with Crippen LogP contribution in [0.2, 0.25) is 25.0 Å². The first-order valence-corrected chi connectivity index (χ1v) is 19.1. The van der Waals surface area contributed by atoms with E-state index in [2.05, 4.69) is 87.8 Å². The zero-order chi connectivity index (χ0) is 32.9. The van der Waals surface area contributed by atoms with Crippen molar-refractivity contribution in [2.45, 2.75) is 91.0 Å². The van der Waals surface area contributed by atoms with E-state index in [1.54, 1.807) is 6.20 Å². The number of hydrogen-bond acceptors (Lipinski definition) is 7. The summed E-state index contributed by atoms with van der Waals surface area (Å²) in [6, 6.07) is 16.3. The second-order valence-corrected chi connectivity index (χ2v) is 19.1. The SMILES string of the molecule is COC(=O)c1ccc(-c2ccc3c(c2)CC[C@H](CN(C[C@@H](O[Si](C)(C)C(C)(C)C)c2cccnc2)B(C)O)O3)cc1CC(C)C. The number of methoxy groups -OCH3 is 1. The Morgan fingerprint density at radius 2 is 1.87 bits per heavy atom. The van der Waals surface area contributed by atoms with Crippen molar-refractivity contribution >= 4 is 21.3 Å². The molecule has 1 aliphatic rings. The first-order valence-electron chi connectivity index (χ1n) is 16.2. The van der Waals surface area contributed by atoms with E-state index in [0.29, 0.717) is 24.6 Å². The van der Waals surface area contributed by atoms with Crippen LogP contribution in [0.25, 0.3) is 11.1 Å². The molecule has 242 valence electrons. The zero-order valence-corrected chi connectivity index (χ0v) is 29.6. The predicted molar refractivity (Wildman–Crippen MR) is 185 cm³/mol. The highest BCUT2D eigenvalue weighted by Crippen LogP contribution is 2.40. The Balaban J connectivity index is 1.51. The Hall–Kier alpha value is -2.98. The molecule has 1 aromatic heterocycles. The molecule has 0 fully saturated rings. The average molecular weight is 631 g/mol. The summed E-state index contributed by atoms with van der Waals surface area (Å²) in [5.74, 6) is 0.999. The maximum Gasteiger partial charge on any atom is 0.376 e. The van der Waals surface area contributed by atoms with Crippen LogP contribution in [0.3, 0.4) is 0 Å². The molecular formula is C36H51BN2O5Si. The minimum Gasteiger partial charge on any atom is -0.489 e. The summed E-state index contributed by atoms with van der Waals surface area (Å²) in [6.45, 7) is 18.5. The maximum absolute atomic E-state index is 12.4. The van der Waals surface area contributed by atoms with E-state index in [9.17, 15) is 9.82 Å². The van der Waals surface area contributed by atoms with Crippen molar-refractivity contribution in [3.05, 3.63) is 83.2 Å². The monoisotopic (exact) mass is 630 g/mol. The lowest BCUT2D eigenvalue weighted by Crippen LogP contribution is -2.49. The molecular weight excluding hydrogens is 579 g/mol. The lowest BCUT2D eigenvalue weighted by atomic mass is 9.83. The third-order valence-corrected chi connectivity index (χ3v) is 13.7. The summed E-state index contributed by atoms with van der Waals surface area (Å²) >= 11 is 0. The van der Waals surface area contributed by atoms with Gasteiger partial charge in [-0.25, -0.2) is 4.79 Å². The standard InChI is InChI=1S/C36H51BN2O5Si/c1-25(2)19-30-21-26(13-16-32(30)35(40)42-7)27-14-17-33-28(20-27)12-15-31(43-33)23-39(37(6)41)24-34(29-11-10-18-38-22-29)44-45(8,9)36(3,4)5/h10-11,13-14,16-18,20-22,25,31,34,41H,12,15,19,23-24H2,1-9H3/t31-,34-/m1/s1. The van der Waals surface area contributed by atoms with Gasteiger partial charge in [0.2, 0.25) is 0 Å². The Bertz CT molecular complexity index is 1440. The van der Waals surface area contributed by atoms with Crippen LogP contribution < -0.4 is 4.74 Å². The number of benzene rings is 2. The molecule has 0 aliphatic carbocycles. The number of ether oxygens (including phenoxy) is 2. The van der Waals surface area contributed by atoms with Crippen molar-refractivity contribution in [1.82, 2.24) is 9.79 Å². The van der Waals surface area contributed by atoms with Gasteiger partial charge in [0.05, 0.1) is 18.8 Å². The summed E-state index contributed by atoms with van der Waals surface area (Å²) in [4.78, 5) is 18.8.